The van der Waals surface area contributed by atoms with Gasteiger partial charge in [0, 0.05) is 24.4 Å². The highest BCUT2D eigenvalue weighted by molar-refractivity contribution is 5.47. The van der Waals surface area contributed by atoms with Gasteiger partial charge < -0.3 is 14.8 Å². The number of nitrogens with zero attached hydrogens (tertiary/aromatic N) is 2. The van der Waals surface area contributed by atoms with Crippen molar-refractivity contribution in [2.75, 3.05) is 26.1 Å². The van der Waals surface area contributed by atoms with E-state index in [2.05, 4.69) is 21.4 Å². The second kappa shape index (κ2) is 6.22. The second-order valence-corrected chi connectivity index (χ2v) is 5.61. The standard InChI is InChI=1S/C17H21N3O2/c1-11-7-14(20-17(18-2)19-11)9-12-8-13-5-4-6-15(21-3)16(13)22-10-12/h4-7,12H,8-10H2,1-3H3,(H,18,19,20)/t12-/m1/s1. The smallest absolute Gasteiger partial charge is 0.222 e. The summed E-state index contributed by atoms with van der Waals surface area (Å²) in [7, 11) is 3.51. The molecule has 2 aromatic rings. The van der Waals surface area contributed by atoms with Gasteiger partial charge in [-0.3, -0.25) is 0 Å². The van der Waals surface area contributed by atoms with Crippen molar-refractivity contribution in [2.24, 2.45) is 5.92 Å². The summed E-state index contributed by atoms with van der Waals surface area (Å²) in [4.78, 5) is 8.87. The fraction of sp³-hybridized carbons (Fsp3) is 0.412. The van der Waals surface area contributed by atoms with Crippen LogP contribution < -0.4 is 14.8 Å². The molecule has 3 rings (SSSR count). The number of aryl methyl sites for hydroxylation is 1. The topological polar surface area (TPSA) is 56.3 Å². The lowest BCUT2D eigenvalue weighted by Crippen LogP contribution is -2.23. The first-order valence-electron chi connectivity index (χ1n) is 7.50. The average molecular weight is 299 g/mol. The summed E-state index contributed by atoms with van der Waals surface area (Å²) in [5, 5.41) is 3.01. The van der Waals surface area contributed by atoms with Crippen molar-refractivity contribution in [3.05, 3.63) is 41.2 Å². The van der Waals surface area contributed by atoms with E-state index in [1.54, 1.807) is 7.11 Å². The molecule has 0 radical (unpaired) electrons. The Balaban J connectivity index is 1.77. The van der Waals surface area contributed by atoms with Crippen molar-refractivity contribution in [2.45, 2.75) is 19.8 Å². The van der Waals surface area contributed by atoms with Gasteiger partial charge in [0.25, 0.3) is 0 Å². The van der Waals surface area contributed by atoms with Gasteiger partial charge in [0.2, 0.25) is 5.95 Å². The first-order chi connectivity index (χ1) is 10.7. The number of hydrogen-bond acceptors (Lipinski definition) is 5. The van der Waals surface area contributed by atoms with Crippen LogP contribution in [0.15, 0.2) is 24.3 Å². The summed E-state index contributed by atoms with van der Waals surface area (Å²) in [6.07, 6.45) is 1.86. The molecule has 1 aliphatic heterocycles. The fourth-order valence-electron chi connectivity index (χ4n) is 2.89. The van der Waals surface area contributed by atoms with E-state index in [-0.39, 0.29) is 0 Å². The number of benzene rings is 1. The maximum Gasteiger partial charge on any atom is 0.222 e. The zero-order valence-electron chi connectivity index (χ0n) is 13.2. The SMILES string of the molecule is CNc1nc(C)cc(C[C@@H]2COc3c(cccc3OC)C2)n1. The number of rotatable bonds is 4. The predicted octanol–water partition coefficient (Wildman–Crippen LogP) is 2.63. The number of anilines is 1. The Morgan fingerprint density at radius 3 is 3.00 bits per heavy atom. The molecule has 0 fully saturated rings. The maximum atomic E-state index is 5.93. The van der Waals surface area contributed by atoms with Crippen LogP contribution in [-0.2, 0) is 12.8 Å². The summed E-state index contributed by atoms with van der Waals surface area (Å²) in [6.45, 7) is 2.68. The number of para-hydroxylation sites is 1. The Kier molecular flexibility index (Phi) is 4.13. The van der Waals surface area contributed by atoms with Crippen LogP contribution in [0, 0.1) is 12.8 Å². The predicted molar refractivity (Wildman–Crippen MR) is 85.7 cm³/mol. The van der Waals surface area contributed by atoms with Crippen LogP contribution >= 0.6 is 0 Å². The lowest BCUT2D eigenvalue weighted by molar-refractivity contribution is 0.210. The van der Waals surface area contributed by atoms with Gasteiger partial charge in [0.05, 0.1) is 13.7 Å². The summed E-state index contributed by atoms with van der Waals surface area (Å²) in [5.74, 6) is 2.79. The molecule has 5 nitrogen and oxygen atoms in total. The number of methoxy groups -OCH3 is 1. The molecule has 1 aromatic carbocycles. The highest BCUT2D eigenvalue weighted by Crippen LogP contribution is 2.36. The fourth-order valence-corrected chi connectivity index (χ4v) is 2.89. The molecule has 0 saturated heterocycles. The molecule has 22 heavy (non-hydrogen) atoms. The molecule has 1 aromatic heterocycles. The van der Waals surface area contributed by atoms with Gasteiger partial charge in [0.1, 0.15) is 0 Å². The highest BCUT2D eigenvalue weighted by Gasteiger charge is 2.23. The van der Waals surface area contributed by atoms with E-state index in [9.17, 15) is 0 Å². The van der Waals surface area contributed by atoms with Gasteiger partial charge in [-0.1, -0.05) is 12.1 Å². The molecule has 0 unspecified atom stereocenters. The van der Waals surface area contributed by atoms with Gasteiger partial charge >= 0.3 is 0 Å². The quantitative estimate of drug-likeness (QED) is 0.940. The van der Waals surface area contributed by atoms with Crippen molar-refractivity contribution in [1.29, 1.82) is 0 Å². The Morgan fingerprint density at radius 1 is 1.36 bits per heavy atom. The summed E-state index contributed by atoms with van der Waals surface area (Å²) in [5.41, 5.74) is 3.24. The minimum atomic E-state index is 0.415. The summed E-state index contributed by atoms with van der Waals surface area (Å²) >= 11 is 0. The Hall–Kier alpha value is -2.30. The molecule has 1 atom stereocenters. The van der Waals surface area contributed by atoms with Gasteiger partial charge in [0.15, 0.2) is 11.5 Å². The summed E-state index contributed by atoms with van der Waals surface area (Å²) < 4.78 is 11.3. The van der Waals surface area contributed by atoms with Crippen LogP contribution in [0.25, 0.3) is 0 Å². The van der Waals surface area contributed by atoms with Gasteiger partial charge in [-0.05, 0) is 37.5 Å². The van der Waals surface area contributed by atoms with Crippen molar-refractivity contribution in [3.8, 4) is 11.5 Å². The molecule has 1 N–H and O–H groups in total. The van der Waals surface area contributed by atoms with Crippen LogP contribution in [0.4, 0.5) is 5.95 Å². The van der Waals surface area contributed by atoms with E-state index in [1.165, 1.54) is 5.56 Å². The number of fused-ring (bicyclic) bond motifs is 1. The van der Waals surface area contributed by atoms with Crippen LogP contribution in [0.3, 0.4) is 0 Å². The normalized spacial score (nSPS) is 16.6. The van der Waals surface area contributed by atoms with Crippen LogP contribution in [-0.4, -0.2) is 30.7 Å². The second-order valence-electron chi connectivity index (χ2n) is 5.61. The molecule has 0 amide bonds. The molecule has 2 heterocycles. The number of hydrogen-bond donors (Lipinski definition) is 1. The van der Waals surface area contributed by atoms with E-state index in [4.69, 9.17) is 9.47 Å². The third kappa shape index (κ3) is 2.98. The van der Waals surface area contributed by atoms with Gasteiger partial charge in [-0.2, -0.15) is 0 Å². The van der Waals surface area contributed by atoms with Crippen LogP contribution in [0.2, 0.25) is 0 Å². The zero-order chi connectivity index (χ0) is 15.5. The third-order valence-electron chi connectivity index (χ3n) is 3.88. The molecule has 116 valence electrons. The Bertz CT molecular complexity index is 673. The Labute approximate surface area is 130 Å². The molecule has 5 heteroatoms. The summed E-state index contributed by atoms with van der Waals surface area (Å²) in [6, 6.07) is 8.10. The number of nitrogens with one attached hydrogen (secondary N) is 1. The third-order valence-corrected chi connectivity index (χ3v) is 3.88. The van der Waals surface area contributed by atoms with Crippen molar-refractivity contribution >= 4 is 5.95 Å². The van der Waals surface area contributed by atoms with Gasteiger partial charge in [-0.15, -0.1) is 0 Å². The lowest BCUT2D eigenvalue weighted by atomic mass is 9.92. The van der Waals surface area contributed by atoms with Crippen molar-refractivity contribution < 1.29 is 9.47 Å². The molecule has 0 bridgehead atoms. The first-order valence-corrected chi connectivity index (χ1v) is 7.50. The van der Waals surface area contributed by atoms with Gasteiger partial charge in [-0.25, -0.2) is 9.97 Å². The molecule has 0 aliphatic carbocycles. The van der Waals surface area contributed by atoms with Crippen molar-refractivity contribution in [1.82, 2.24) is 9.97 Å². The first kappa shape index (κ1) is 14.6. The average Bonchev–Trinajstić information content (AvgIpc) is 2.53. The van der Waals surface area contributed by atoms with E-state index >= 15 is 0 Å². The minimum Gasteiger partial charge on any atom is -0.493 e. The molecule has 0 spiro atoms. The number of aromatic nitrogens is 2. The van der Waals surface area contributed by atoms with E-state index < -0.39 is 0 Å². The maximum absolute atomic E-state index is 5.93. The highest BCUT2D eigenvalue weighted by atomic mass is 16.5. The Morgan fingerprint density at radius 2 is 2.23 bits per heavy atom. The molecule has 0 saturated carbocycles. The van der Waals surface area contributed by atoms with E-state index in [0.29, 0.717) is 18.5 Å². The number of ether oxygens (including phenoxy) is 2. The van der Waals surface area contributed by atoms with E-state index in [1.807, 2.05) is 32.2 Å². The minimum absolute atomic E-state index is 0.415. The monoisotopic (exact) mass is 299 g/mol. The molecular weight excluding hydrogens is 278 g/mol. The molecule has 1 aliphatic rings. The van der Waals surface area contributed by atoms with E-state index in [0.717, 1.165) is 35.7 Å². The van der Waals surface area contributed by atoms with Crippen LogP contribution in [0.5, 0.6) is 11.5 Å². The molecular formula is C17H21N3O2. The largest absolute Gasteiger partial charge is 0.493 e. The zero-order valence-corrected chi connectivity index (χ0v) is 13.2. The van der Waals surface area contributed by atoms with Crippen LogP contribution in [0.1, 0.15) is 17.0 Å². The van der Waals surface area contributed by atoms with Crippen molar-refractivity contribution in [3.63, 3.8) is 0 Å². The lowest BCUT2D eigenvalue weighted by Gasteiger charge is -2.26.